The van der Waals surface area contributed by atoms with Crippen molar-refractivity contribution in [3.05, 3.63) is 24.3 Å². The molecule has 4 rings (SSSR count). The summed E-state index contributed by atoms with van der Waals surface area (Å²) in [5.74, 6) is 1.65. The van der Waals surface area contributed by atoms with Gasteiger partial charge in [0.2, 0.25) is 0 Å². The van der Waals surface area contributed by atoms with Crippen molar-refractivity contribution >= 4 is 55.2 Å². The lowest BCUT2D eigenvalue weighted by Gasteiger charge is -2.64. The fourth-order valence-electron chi connectivity index (χ4n) is 7.98. The van der Waals surface area contributed by atoms with Gasteiger partial charge < -0.3 is 0 Å². The van der Waals surface area contributed by atoms with Gasteiger partial charge in [0.1, 0.15) is 9.79 Å². The van der Waals surface area contributed by atoms with E-state index < -0.39 is 14.5 Å². The van der Waals surface area contributed by atoms with Crippen molar-refractivity contribution in [3.63, 3.8) is 0 Å². The van der Waals surface area contributed by atoms with Crippen LogP contribution in [0.1, 0.15) is 79.6 Å². The van der Waals surface area contributed by atoms with E-state index >= 15 is 0 Å². The molecule has 1 aromatic rings. The Hall–Kier alpha value is 1.64. The summed E-state index contributed by atoms with van der Waals surface area (Å²) >= 11 is 4.68. The number of unbranched alkanes of at least 4 members (excludes halogenated alkanes) is 2. The Bertz CT molecular complexity index is 877. The molecule has 3 aliphatic heterocycles. The van der Waals surface area contributed by atoms with Gasteiger partial charge in [-0.3, -0.25) is 0 Å². The number of fused-ring (bicyclic) bond motifs is 3. The molecule has 3 heterocycles. The molecule has 0 bridgehead atoms. The summed E-state index contributed by atoms with van der Waals surface area (Å²) in [6.45, 7) is 21.2. The largest absolute Gasteiger partial charge is 0.161 e. The van der Waals surface area contributed by atoms with Crippen LogP contribution in [0, 0.1) is 0 Å². The third-order valence-electron chi connectivity index (χ3n) is 9.47. The molecule has 0 aliphatic carbocycles. The molecule has 186 valence electrons. The topological polar surface area (TPSA) is 0 Å². The van der Waals surface area contributed by atoms with Crippen molar-refractivity contribution in [3.8, 4) is 0 Å². The van der Waals surface area contributed by atoms with Crippen LogP contribution in [0.3, 0.4) is 0 Å². The molecule has 7 unspecified atom stereocenters. The fraction of sp³-hybridized carbons (Fsp3) is 0.778. The number of hydrogen-bond donors (Lipinski definition) is 0. The van der Waals surface area contributed by atoms with Crippen LogP contribution in [0.15, 0.2) is 34.1 Å². The molecular weight excluding hydrogens is 512 g/mol. The Balaban J connectivity index is 1.93. The average Bonchev–Trinajstić information content (AvgIpc) is 2.95. The van der Waals surface area contributed by atoms with Crippen molar-refractivity contribution < 1.29 is 0 Å². The van der Waals surface area contributed by atoms with Gasteiger partial charge in [0.15, 0.2) is 5.90 Å². The zero-order chi connectivity index (χ0) is 24.2. The van der Waals surface area contributed by atoms with Crippen molar-refractivity contribution in [2.75, 3.05) is 32.1 Å². The van der Waals surface area contributed by atoms with Gasteiger partial charge in [0.25, 0.3) is 0 Å². The summed E-state index contributed by atoms with van der Waals surface area (Å²) in [6, 6.07) is 9.41. The quantitative estimate of drug-likeness (QED) is 0.229. The highest BCUT2D eigenvalue weighted by molar-refractivity contribution is 8.16. The predicted octanol–water partition coefficient (Wildman–Crippen LogP) is 10.8. The van der Waals surface area contributed by atoms with Crippen LogP contribution in [-0.4, -0.2) is 50.8 Å². The van der Waals surface area contributed by atoms with Gasteiger partial charge in [-0.05, 0) is 44.2 Å². The number of thioether (sulfide) groups is 2. The Morgan fingerprint density at radius 3 is 1.73 bits per heavy atom. The first-order valence-corrected chi connectivity index (χ1v) is 22.4. The lowest BCUT2D eigenvalue weighted by Crippen LogP contribution is -2.59. The van der Waals surface area contributed by atoms with E-state index in [1.807, 2.05) is 0 Å². The van der Waals surface area contributed by atoms with Crippen LogP contribution < -0.4 is 0 Å². The second kappa shape index (κ2) is 9.75. The van der Waals surface area contributed by atoms with E-state index in [2.05, 4.69) is 102 Å². The smallest absolute Gasteiger partial charge is 0.112 e. The standard InChI is InChI=1S/C27H48P4S2/c1-9-14-17-20-31(8)21-30(6,7)24(10-2)25(31,11-3)29-27(13-5)26(12-4,28-24)32-22-18-15-16-19-23(22)33-27/h15-16,18-19,28-29H,9-14,17,20-21H2,1-8H3/q+2. The molecule has 33 heavy (non-hydrogen) atoms. The molecule has 2 saturated heterocycles. The van der Waals surface area contributed by atoms with Crippen molar-refractivity contribution in [2.24, 2.45) is 0 Å². The molecule has 0 radical (unpaired) electrons. The van der Waals surface area contributed by atoms with Crippen LogP contribution in [0.2, 0.25) is 0 Å². The van der Waals surface area contributed by atoms with Crippen LogP contribution >= 0.6 is 55.2 Å². The van der Waals surface area contributed by atoms with Gasteiger partial charge in [-0.25, -0.2) is 0 Å². The minimum Gasteiger partial charge on any atom is -0.112 e. The van der Waals surface area contributed by atoms with Crippen molar-refractivity contribution in [2.45, 2.75) is 108 Å². The summed E-state index contributed by atoms with van der Waals surface area (Å²) < 4.78 is 0.841. The molecule has 0 aromatic heterocycles. The first-order chi connectivity index (χ1) is 15.6. The number of rotatable bonds is 8. The van der Waals surface area contributed by atoms with Crippen molar-refractivity contribution in [1.29, 1.82) is 0 Å². The minimum atomic E-state index is -1.01. The normalized spacial score (nSPS) is 42.8. The van der Waals surface area contributed by atoms with Gasteiger partial charge in [-0.1, -0.05) is 76.8 Å². The third-order valence-corrected chi connectivity index (χ3v) is 36.3. The van der Waals surface area contributed by atoms with Gasteiger partial charge in [0, 0.05) is 9.79 Å². The first kappa shape index (κ1) is 27.7. The van der Waals surface area contributed by atoms with Crippen LogP contribution in [0.5, 0.6) is 0 Å². The minimum absolute atomic E-state index is 0.420. The predicted molar refractivity (Wildman–Crippen MR) is 168 cm³/mol. The van der Waals surface area contributed by atoms with E-state index in [4.69, 9.17) is 0 Å². The summed E-state index contributed by atoms with van der Waals surface area (Å²) in [7, 11) is 0.234. The van der Waals surface area contributed by atoms with Crippen LogP contribution in [0.25, 0.3) is 0 Å². The molecule has 6 heteroatoms. The highest BCUT2D eigenvalue weighted by Crippen LogP contribution is 3.04. The van der Waals surface area contributed by atoms with E-state index in [1.54, 1.807) is 21.9 Å². The van der Waals surface area contributed by atoms with E-state index in [9.17, 15) is 0 Å². The van der Waals surface area contributed by atoms with Gasteiger partial charge in [-0.15, -0.1) is 23.5 Å². The maximum Gasteiger partial charge on any atom is 0.161 e. The highest BCUT2D eigenvalue weighted by Gasteiger charge is 2.86. The number of hydrogen-bond acceptors (Lipinski definition) is 2. The zero-order valence-corrected chi connectivity index (χ0v) is 27.8. The second-order valence-corrected chi connectivity index (χ2v) is 28.8. The summed E-state index contributed by atoms with van der Waals surface area (Å²) in [6.07, 6.45) is 11.4. The number of benzene rings is 1. The SMILES string of the molecule is CCCCC[P+]1(C)C[P+](C)(C)C2(CC)PC3(CC)Sc4ccccc4SC3(CC)PC21CC. The average molecular weight is 561 g/mol. The van der Waals surface area contributed by atoms with E-state index in [1.165, 1.54) is 44.9 Å². The molecule has 3 aliphatic rings. The lowest BCUT2D eigenvalue weighted by molar-refractivity contribution is 0.549. The maximum atomic E-state index is 2.89. The van der Waals surface area contributed by atoms with E-state index in [-0.39, 0.29) is 0 Å². The van der Waals surface area contributed by atoms with E-state index in [0.29, 0.717) is 18.8 Å². The second-order valence-electron chi connectivity index (χ2n) is 11.3. The molecule has 0 spiro atoms. The van der Waals surface area contributed by atoms with Crippen molar-refractivity contribution in [1.82, 2.24) is 0 Å². The van der Waals surface area contributed by atoms with E-state index in [0.717, 1.165) is 17.2 Å². The van der Waals surface area contributed by atoms with Gasteiger partial charge in [-0.2, -0.15) is 0 Å². The molecular formula is C27H48P4S2+2. The van der Waals surface area contributed by atoms with Gasteiger partial charge >= 0.3 is 0 Å². The Kier molecular flexibility index (Phi) is 8.17. The Morgan fingerprint density at radius 2 is 1.27 bits per heavy atom. The highest BCUT2D eigenvalue weighted by atomic mass is 32.2. The summed E-state index contributed by atoms with van der Waals surface area (Å²) in [5.41, 5.74) is 0. The maximum absolute atomic E-state index is 2.89. The van der Waals surface area contributed by atoms with Crippen LogP contribution in [-0.2, 0) is 0 Å². The molecule has 0 nitrogen and oxygen atoms in total. The molecule has 1 aromatic carbocycles. The summed E-state index contributed by atoms with van der Waals surface area (Å²) in [5, 5.41) is 0. The lowest BCUT2D eigenvalue weighted by atomic mass is 10.1. The zero-order valence-electron chi connectivity index (χ0n) is 22.4. The third kappa shape index (κ3) is 3.76. The monoisotopic (exact) mass is 560 g/mol. The molecule has 7 atom stereocenters. The van der Waals surface area contributed by atoms with Gasteiger partial charge in [0.05, 0.1) is 49.7 Å². The fourth-order valence-corrected chi connectivity index (χ4v) is 40.8. The summed E-state index contributed by atoms with van der Waals surface area (Å²) in [4.78, 5) is 4.41. The first-order valence-electron chi connectivity index (χ1n) is 13.3. The molecule has 0 N–H and O–H groups in total. The molecule has 2 fully saturated rings. The van der Waals surface area contributed by atoms with Crippen LogP contribution in [0.4, 0.5) is 0 Å². The molecule has 0 saturated carbocycles. The molecule has 0 amide bonds. The Labute approximate surface area is 218 Å². The Morgan fingerprint density at radius 1 is 0.758 bits per heavy atom.